The summed E-state index contributed by atoms with van der Waals surface area (Å²) in [4.78, 5) is 10.7. The van der Waals surface area contributed by atoms with Gasteiger partial charge in [0.2, 0.25) is 0 Å². The Kier molecular flexibility index (Phi) is 4.97. The molecule has 1 aromatic carbocycles. The molecule has 106 valence electrons. The summed E-state index contributed by atoms with van der Waals surface area (Å²) >= 11 is 0. The van der Waals surface area contributed by atoms with Gasteiger partial charge in [0, 0.05) is 0 Å². The first kappa shape index (κ1) is 15.5. The number of hydrogen-bond acceptors (Lipinski definition) is 2. The number of ether oxygens (including phenoxy) is 1. The van der Waals surface area contributed by atoms with E-state index in [1.807, 2.05) is 12.1 Å². The lowest BCUT2D eigenvalue weighted by Gasteiger charge is -2.15. The number of halogens is 3. The van der Waals surface area contributed by atoms with Gasteiger partial charge in [0.05, 0.1) is 0 Å². The lowest BCUT2D eigenvalue weighted by molar-refractivity contribution is -0.204. The summed E-state index contributed by atoms with van der Waals surface area (Å²) in [6, 6.07) is 7.05. The van der Waals surface area contributed by atoms with Crippen molar-refractivity contribution in [3.63, 3.8) is 0 Å². The molecule has 1 atom stereocenters. The van der Waals surface area contributed by atoms with Crippen LogP contribution in [0.1, 0.15) is 38.0 Å². The highest BCUT2D eigenvalue weighted by atomic mass is 19.4. The Morgan fingerprint density at radius 1 is 1.16 bits per heavy atom. The zero-order valence-corrected chi connectivity index (χ0v) is 11.1. The minimum absolute atomic E-state index is 0.506. The van der Waals surface area contributed by atoms with E-state index < -0.39 is 18.2 Å². The Morgan fingerprint density at radius 2 is 1.68 bits per heavy atom. The van der Waals surface area contributed by atoms with Crippen LogP contribution < -0.4 is 0 Å². The molecule has 0 aliphatic carbocycles. The van der Waals surface area contributed by atoms with Gasteiger partial charge in [0.25, 0.3) is 0 Å². The van der Waals surface area contributed by atoms with Crippen molar-refractivity contribution in [1.29, 1.82) is 0 Å². The van der Waals surface area contributed by atoms with E-state index in [1.54, 1.807) is 12.1 Å². The van der Waals surface area contributed by atoms with Crippen LogP contribution in [0.4, 0.5) is 13.2 Å². The maximum absolute atomic E-state index is 12.1. The number of carbonyl (C=O) groups is 1. The van der Waals surface area contributed by atoms with Crippen molar-refractivity contribution in [3.05, 3.63) is 35.4 Å². The third-order valence-corrected chi connectivity index (χ3v) is 2.61. The van der Waals surface area contributed by atoms with E-state index in [0.29, 0.717) is 11.5 Å². The van der Waals surface area contributed by atoms with Crippen LogP contribution in [-0.4, -0.2) is 12.1 Å². The molecule has 0 saturated carbocycles. The van der Waals surface area contributed by atoms with Crippen molar-refractivity contribution in [1.82, 2.24) is 0 Å². The quantitative estimate of drug-likeness (QED) is 0.774. The van der Waals surface area contributed by atoms with E-state index in [9.17, 15) is 18.0 Å². The summed E-state index contributed by atoms with van der Waals surface area (Å²) in [5.41, 5.74) is 1.65. The van der Waals surface area contributed by atoms with Gasteiger partial charge in [-0.2, -0.15) is 13.2 Å². The topological polar surface area (TPSA) is 26.3 Å². The van der Waals surface area contributed by atoms with E-state index in [1.165, 1.54) is 6.92 Å². The molecular weight excluding hydrogens is 257 g/mol. The van der Waals surface area contributed by atoms with Gasteiger partial charge in [0.1, 0.15) is 6.10 Å². The van der Waals surface area contributed by atoms with Crippen LogP contribution in [-0.2, 0) is 16.0 Å². The Hall–Kier alpha value is -1.52. The molecule has 0 fully saturated rings. The first-order chi connectivity index (χ1) is 8.70. The van der Waals surface area contributed by atoms with Crippen LogP contribution in [0.25, 0.3) is 0 Å². The average molecular weight is 274 g/mol. The molecular formula is C14H17F3O2. The minimum atomic E-state index is -4.95. The van der Waals surface area contributed by atoms with Gasteiger partial charge in [-0.05, 0) is 30.4 Å². The van der Waals surface area contributed by atoms with Gasteiger partial charge >= 0.3 is 12.1 Å². The van der Waals surface area contributed by atoms with E-state index in [2.05, 4.69) is 18.6 Å². The molecule has 0 amide bonds. The zero-order valence-electron chi connectivity index (χ0n) is 11.1. The molecule has 0 aliphatic heterocycles. The molecule has 0 aromatic heterocycles. The lowest BCUT2D eigenvalue weighted by atomic mass is 10.0. The van der Waals surface area contributed by atoms with E-state index in [0.717, 1.165) is 12.0 Å². The Labute approximate surface area is 110 Å². The SMILES string of the molecule is CC(C)Cc1ccc(C(C)OC(=O)C(F)(F)F)cc1. The molecule has 0 radical (unpaired) electrons. The molecule has 2 nitrogen and oxygen atoms in total. The van der Waals surface area contributed by atoms with Crippen molar-refractivity contribution in [2.24, 2.45) is 5.92 Å². The fourth-order valence-electron chi connectivity index (χ4n) is 1.69. The van der Waals surface area contributed by atoms with E-state index >= 15 is 0 Å². The van der Waals surface area contributed by atoms with Crippen molar-refractivity contribution < 1.29 is 22.7 Å². The molecule has 1 rings (SSSR count). The first-order valence-electron chi connectivity index (χ1n) is 6.06. The fourth-order valence-corrected chi connectivity index (χ4v) is 1.69. The van der Waals surface area contributed by atoms with Crippen molar-refractivity contribution in [2.45, 2.75) is 39.5 Å². The molecule has 0 aliphatic rings. The molecule has 19 heavy (non-hydrogen) atoms. The summed E-state index contributed by atoms with van der Waals surface area (Å²) in [6.07, 6.45) is -4.97. The third-order valence-electron chi connectivity index (χ3n) is 2.61. The maximum atomic E-state index is 12.1. The molecule has 0 N–H and O–H groups in total. The highest BCUT2D eigenvalue weighted by molar-refractivity contribution is 5.75. The standard InChI is InChI=1S/C14H17F3O2/c1-9(2)8-11-4-6-12(7-5-11)10(3)19-13(18)14(15,16)17/h4-7,9-10H,8H2,1-3H3. The van der Waals surface area contributed by atoms with Crippen LogP contribution in [0.2, 0.25) is 0 Å². The normalized spacial score (nSPS) is 13.4. The second kappa shape index (κ2) is 6.08. The highest BCUT2D eigenvalue weighted by Crippen LogP contribution is 2.24. The summed E-state index contributed by atoms with van der Waals surface area (Å²) in [7, 11) is 0. The smallest absolute Gasteiger partial charge is 0.451 e. The second-order valence-electron chi connectivity index (χ2n) is 4.88. The van der Waals surface area contributed by atoms with Gasteiger partial charge in [-0.25, -0.2) is 4.79 Å². The maximum Gasteiger partial charge on any atom is 0.490 e. The van der Waals surface area contributed by atoms with Gasteiger partial charge in [0.15, 0.2) is 0 Å². The van der Waals surface area contributed by atoms with Crippen LogP contribution in [0.15, 0.2) is 24.3 Å². The van der Waals surface area contributed by atoms with Crippen LogP contribution >= 0.6 is 0 Å². The molecule has 1 aromatic rings. The van der Waals surface area contributed by atoms with Crippen LogP contribution in [0.3, 0.4) is 0 Å². The van der Waals surface area contributed by atoms with Crippen molar-refractivity contribution in [3.8, 4) is 0 Å². The third kappa shape index (κ3) is 4.93. The van der Waals surface area contributed by atoms with Crippen molar-refractivity contribution in [2.75, 3.05) is 0 Å². The Morgan fingerprint density at radius 3 is 2.11 bits per heavy atom. The van der Waals surface area contributed by atoms with Gasteiger partial charge in [-0.3, -0.25) is 0 Å². The number of alkyl halides is 3. The first-order valence-corrected chi connectivity index (χ1v) is 6.06. The monoisotopic (exact) mass is 274 g/mol. The lowest BCUT2D eigenvalue weighted by Crippen LogP contribution is -2.26. The number of hydrogen-bond donors (Lipinski definition) is 0. The zero-order chi connectivity index (χ0) is 14.6. The number of carbonyl (C=O) groups excluding carboxylic acids is 1. The van der Waals surface area contributed by atoms with Gasteiger partial charge in [-0.1, -0.05) is 38.1 Å². The number of benzene rings is 1. The molecule has 0 bridgehead atoms. The number of esters is 1. The Balaban J connectivity index is 2.68. The summed E-state index contributed by atoms with van der Waals surface area (Å²) in [5.74, 6) is -1.66. The van der Waals surface area contributed by atoms with Crippen LogP contribution in [0, 0.1) is 5.92 Å². The number of rotatable bonds is 4. The summed E-state index contributed by atoms with van der Waals surface area (Å²) in [5, 5.41) is 0. The van der Waals surface area contributed by atoms with Gasteiger partial charge in [-0.15, -0.1) is 0 Å². The predicted molar refractivity (Wildman–Crippen MR) is 65.5 cm³/mol. The Bertz CT molecular complexity index is 421. The molecule has 5 heteroatoms. The largest absolute Gasteiger partial charge is 0.490 e. The molecule has 0 heterocycles. The summed E-state index contributed by atoms with van der Waals surface area (Å²) in [6.45, 7) is 5.59. The predicted octanol–water partition coefficient (Wildman–Crippen LogP) is 4.05. The van der Waals surface area contributed by atoms with Gasteiger partial charge < -0.3 is 4.74 Å². The molecule has 0 spiro atoms. The summed E-state index contributed by atoms with van der Waals surface area (Å²) < 4.78 is 40.5. The van der Waals surface area contributed by atoms with E-state index in [4.69, 9.17) is 0 Å². The minimum Gasteiger partial charge on any atom is -0.451 e. The molecule has 0 saturated heterocycles. The van der Waals surface area contributed by atoms with Crippen LogP contribution in [0.5, 0.6) is 0 Å². The van der Waals surface area contributed by atoms with Crippen molar-refractivity contribution >= 4 is 5.97 Å². The second-order valence-corrected chi connectivity index (χ2v) is 4.88. The van der Waals surface area contributed by atoms with E-state index in [-0.39, 0.29) is 0 Å². The highest BCUT2D eigenvalue weighted by Gasteiger charge is 2.41. The molecule has 1 unspecified atom stereocenters. The average Bonchev–Trinajstić information content (AvgIpc) is 2.27. The fraction of sp³-hybridized carbons (Fsp3) is 0.500.